The molecule has 2 aliphatic rings. The molecule has 0 aromatic heterocycles. The molecule has 2 fully saturated rings. The van der Waals surface area contributed by atoms with E-state index in [2.05, 4.69) is 0 Å². The van der Waals surface area contributed by atoms with Crippen LogP contribution >= 0.6 is 0 Å². The van der Waals surface area contributed by atoms with Crippen molar-refractivity contribution in [2.24, 2.45) is 0 Å². The van der Waals surface area contributed by atoms with E-state index in [9.17, 15) is 9.18 Å². The Morgan fingerprint density at radius 1 is 1.25 bits per heavy atom. The molecule has 1 atom stereocenters. The number of hydrogen-bond donors (Lipinski definition) is 0. The fourth-order valence-corrected chi connectivity index (χ4v) is 3.22. The molecule has 130 valence electrons. The van der Waals surface area contributed by atoms with Crippen molar-refractivity contribution in [3.63, 3.8) is 0 Å². The Labute approximate surface area is 143 Å². The van der Waals surface area contributed by atoms with Gasteiger partial charge < -0.3 is 14.2 Å². The molecule has 0 unspecified atom stereocenters. The lowest BCUT2D eigenvalue weighted by Crippen LogP contribution is -2.41. The van der Waals surface area contributed by atoms with E-state index in [1.807, 2.05) is 34.6 Å². The van der Waals surface area contributed by atoms with Gasteiger partial charge >= 0.3 is 7.12 Å². The van der Waals surface area contributed by atoms with Gasteiger partial charge in [-0.1, -0.05) is 6.07 Å². The van der Waals surface area contributed by atoms with E-state index in [0.29, 0.717) is 12.0 Å². The van der Waals surface area contributed by atoms with E-state index in [-0.39, 0.29) is 17.5 Å². The molecule has 1 aromatic carbocycles. The number of nitrogens with zero attached hydrogens (tertiary/aromatic N) is 1. The summed E-state index contributed by atoms with van der Waals surface area (Å²) in [6.45, 7) is 10.5. The first-order valence-corrected chi connectivity index (χ1v) is 8.58. The van der Waals surface area contributed by atoms with Gasteiger partial charge in [0.1, 0.15) is 5.82 Å². The Morgan fingerprint density at radius 3 is 2.38 bits per heavy atom. The maximum atomic E-state index is 14.6. The maximum Gasteiger partial charge on any atom is 0.494 e. The van der Waals surface area contributed by atoms with E-state index in [1.165, 1.54) is 6.07 Å². The molecule has 0 N–H and O–H groups in total. The number of carbonyl (C=O) groups is 1. The third kappa shape index (κ3) is 2.86. The molecule has 3 rings (SSSR count). The lowest BCUT2D eigenvalue weighted by molar-refractivity contribution is 0.00578. The second-order valence-corrected chi connectivity index (χ2v) is 7.82. The molecule has 6 heteroatoms. The van der Waals surface area contributed by atoms with E-state index in [0.717, 1.165) is 12.8 Å². The van der Waals surface area contributed by atoms with E-state index < -0.39 is 24.1 Å². The summed E-state index contributed by atoms with van der Waals surface area (Å²) in [4.78, 5) is 14.3. The van der Waals surface area contributed by atoms with Crippen LogP contribution in [0, 0.1) is 5.82 Å². The van der Waals surface area contributed by atoms with E-state index in [4.69, 9.17) is 9.31 Å². The largest absolute Gasteiger partial charge is 0.494 e. The number of likely N-dealkylation sites (tertiary alicyclic amines) is 1. The van der Waals surface area contributed by atoms with Gasteiger partial charge in [-0.2, -0.15) is 0 Å². The minimum Gasteiger partial charge on any atom is -0.399 e. The van der Waals surface area contributed by atoms with E-state index >= 15 is 0 Å². The molecule has 0 aliphatic carbocycles. The fraction of sp³-hybridized carbons (Fsp3) is 0.611. The van der Waals surface area contributed by atoms with Crippen LogP contribution in [0.1, 0.15) is 57.8 Å². The summed E-state index contributed by atoms with van der Waals surface area (Å²) >= 11 is 0. The van der Waals surface area contributed by atoms with Gasteiger partial charge in [0.2, 0.25) is 0 Å². The Balaban J connectivity index is 1.82. The second kappa shape index (κ2) is 5.85. The van der Waals surface area contributed by atoms with Gasteiger partial charge in [-0.3, -0.25) is 4.79 Å². The molecule has 2 saturated heterocycles. The Hall–Kier alpha value is -1.40. The second-order valence-electron chi connectivity index (χ2n) is 7.82. The lowest BCUT2D eigenvalue weighted by Gasteiger charge is -2.32. The Morgan fingerprint density at radius 2 is 1.88 bits per heavy atom. The van der Waals surface area contributed by atoms with Crippen LogP contribution < -0.4 is 5.46 Å². The van der Waals surface area contributed by atoms with Crippen LogP contribution in [0.25, 0.3) is 0 Å². The standard InChI is InChI=1S/C18H25BFNO3/c1-12-7-6-10-21(12)16(22)14-9-8-13(11-15(14)20)19-23-17(2,3)18(4,5)24-19/h8-9,11-12H,6-7,10H2,1-5H3/t12-/m1/s1. The maximum absolute atomic E-state index is 14.6. The van der Waals surface area contributed by atoms with Crippen LogP contribution in [0.5, 0.6) is 0 Å². The van der Waals surface area contributed by atoms with Crippen molar-refractivity contribution in [1.82, 2.24) is 4.90 Å². The average molecular weight is 333 g/mol. The van der Waals surface area contributed by atoms with Gasteiger partial charge in [-0.25, -0.2) is 4.39 Å². The zero-order valence-corrected chi connectivity index (χ0v) is 15.1. The number of amides is 1. The third-order valence-corrected chi connectivity index (χ3v) is 5.56. The summed E-state index contributed by atoms with van der Waals surface area (Å²) in [6.07, 6.45) is 1.94. The SMILES string of the molecule is C[C@@H]1CCCN1C(=O)c1ccc(B2OC(C)(C)C(C)(C)O2)cc1F. The zero-order valence-electron chi connectivity index (χ0n) is 15.1. The first kappa shape index (κ1) is 17.4. The van der Waals surface area contributed by atoms with Crippen LogP contribution in [0.15, 0.2) is 18.2 Å². The van der Waals surface area contributed by atoms with Gasteiger partial charge in [0, 0.05) is 12.6 Å². The summed E-state index contributed by atoms with van der Waals surface area (Å²) in [5, 5.41) is 0. The van der Waals surface area contributed by atoms with Gasteiger partial charge in [-0.05, 0) is 65.1 Å². The van der Waals surface area contributed by atoms with Gasteiger partial charge in [0.25, 0.3) is 5.91 Å². The van der Waals surface area contributed by atoms with Crippen molar-refractivity contribution in [2.45, 2.75) is 64.7 Å². The molecule has 2 aliphatic heterocycles. The highest BCUT2D eigenvalue weighted by molar-refractivity contribution is 6.62. The number of rotatable bonds is 2. The first-order valence-electron chi connectivity index (χ1n) is 8.58. The monoisotopic (exact) mass is 333 g/mol. The summed E-state index contributed by atoms with van der Waals surface area (Å²) < 4.78 is 26.4. The smallest absolute Gasteiger partial charge is 0.399 e. The molecule has 0 bridgehead atoms. The topological polar surface area (TPSA) is 38.8 Å². The van der Waals surface area contributed by atoms with Crippen LogP contribution in [0.2, 0.25) is 0 Å². The normalized spacial score (nSPS) is 25.3. The highest BCUT2D eigenvalue weighted by Gasteiger charge is 2.51. The van der Waals surface area contributed by atoms with Crippen molar-refractivity contribution < 1.29 is 18.5 Å². The van der Waals surface area contributed by atoms with Gasteiger partial charge in [0.05, 0.1) is 16.8 Å². The summed E-state index contributed by atoms with van der Waals surface area (Å²) in [7, 11) is -0.626. The number of benzene rings is 1. The third-order valence-electron chi connectivity index (χ3n) is 5.56. The van der Waals surface area contributed by atoms with Crippen molar-refractivity contribution in [2.75, 3.05) is 6.54 Å². The predicted molar refractivity (Wildman–Crippen MR) is 91.8 cm³/mol. The van der Waals surface area contributed by atoms with Crippen LogP contribution in [0.3, 0.4) is 0 Å². The number of halogens is 1. The van der Waals surface area contributed by atoms with Gasteiger partial charge in [0.15, 0.2) is 0 Å². The molecule has 2 heterocycles. The van der Waals surface area contributed by atoms with E-state index in [1.54, 1.807) is 17.0 Å². The lowest BCUT2D eigenvalue weighted by atomic mass is 9.78. The quantitative estimate of drug-likeness (QED) is 0.781. The molecule has 0 saturated carbocycles. The summed E-state index contributed by atoms with van der Waals surface area (Å²) in [5.41, 5.74) is -0.248. The van der Waals surface area contributed by atoms with Crippen molar-refractivity contribution in [1.29, 1.82) is 0 Å². The highest BCUT2D eigenvalue weighted by Crippen LogP contribution is 2.36. The molecule has 1 aromatic rings. The van der Waals surface area contributed by atoms with Crippen LogP contribution in [0.4, 0.5) is 4.39 Å². The molecule has 24 heavy (non-hydrogen) atoms. The Kier molecular flexibility index (Phi) is 4.25. The van der Waals surface area contributed by atoms with Crippen LogP contribution in [-0.4, -0.2) is 41.7 Å². The van der Waals surface area contributed by atoms with Crippen molar-refractivity contribution in [3.05, 3.63) is 29.6 Å². The number of hydrogen-bond acceptors (Lipinski definition) is 3. The summed E-state index contributed by atoms with van der Waals surface area (Å²) in [6, 6.07) is 4.79. The van der Waals surface area contributed by atoms with Crippen LogP contribution in [-0.2, 0) is 9.31 Å². The number of carbonyl (C=O) groups excluding carboxylic acids is 1. The molecular formula is C18H25BFNO3. The highest BCUT2D eigenvalue weighted by atomic mass is 19.1. The van der Waals surface area contributed by atoms with Crippen molar-refractivity contribution in [3.8, 4) is 0 Å². The molecule has 0 spiro atoms. The van der Waals surface area contributed by atoms with Crippen molar-refractivity contribution >= 4 is 18.5 Å². The molecule has 4 nitrogen and oxygen atoms in total. The summed E-state index contributed by atoms with van der Waals surface area (Å²) in [5.74, 6) is -0.760. The van der Waals surface area contributed by atoms with Gasteiger partial charge in [-0.15, -0.1) is 0 Å². The Bertz CT molecular complexity index is 646. The average Bonchev–Trinajstić information content (AvgIpc) is 2.99. The molecule has 1 amide bonds. The fourth-order valence-electron chi connectivity index (χ4n) is 3.22. The zero-order chi connectivity index (χ0) is 17.7. The minimum atomic E-state index is -0.626. The predicted octanol–water partition coefficient (Wildman–Crippen LogP) is 2.75. The first-order chi connectivity index (χ1) is 11.1. The minimum absolute atomic E-state index is 0.115. The molecule has 0 radical (unpaired) electrons. The molecular weight excluding hydrogens is 308 g/mol.